The van der Waals surface area contributed by atoms with Crippen LogP contribution in [0.1, 0.15) is 28.8 Å². The fourth-order valence-corrected chi connectivity index (χ4v) is 2.56. The molecule has 4 nitrogen and oxygen atoms in total. The van der Waals surface area contributed by atoms with Gasteiger partial charge in [-0.3, -0.25) is 9.69 Å². The minimum Gasteiger partial charge on any atom is -0.396 e. The molecule has 0 aromatic heterocycles. The molecule has 1 unspecified atom stereocenters. The Kier molecular flexibility index (Phi) is 4.33. The van der Waals surface area contributed by atoms with Crippen molar-refractivity contribution < 1.29 is 9.90 Å². The Labute approximate surface area is 107 Å². The van der Waals surface area contributed by atoms with Gasteiger partial charge < -0.3 is 10.8 Å². The van der Waals surface area contributed by atoms with Crippen LogP contribution >= 0.6 is 0 Å². The molecule has 1 aromatic carbocycles. The molecule has 1 amide bonds. The van der Waals surface area contributed by atoms with Crippen molar-refractivity contribution in [1.82, 2.24) is 4.90 Å². The molecule has 1 atom stereocenters. The predicted molar refractivity (Wildman–Crippen MR) is 70.0 cm³/mol. The van der Waals surface area contributed by atoms with Gasteiger partial charge in [-0.05, 0) is 43.0 Å². The van der Waals surface area contributed by atoms with E-state index in [9.17, 15) is 4.79 Å². The monoisotopic (exact) mass is 248 g/mol. The molecule has 1 fully saturated rings. The van der Waals surface area contributed by atoms with E-state index >= 15 is 0 Å². The largest absolute Gasteiger partial charge is 0.396 e. The Hall–Kier alpha value is -1.39. The van der Waals surface area contributed by atoms with Gasteiger partial charge in [0.15, 0.2) is 0 Å². The highest BCUT2D eigenvalue weighted by atomic mass is 16.3. The number of nitrogens with zero attached hydrogens (tertiary/aromatic N) is 1. The average molecular weight is 248 g/mol. The van der Waals surface area contributed by atoms with Gasteiger partial charge in [0.2, 0.25) is 5.91 Å². The molecule has 18 heavy (non-hydrogen) atoms. The number of aliphatic hydroxyl groups is 1. The number of amides is 1. The summed E-state index contributed by atoms with van der Waals surface area (Å²) in [6, 6.07) is 7.49. The van der Waals surface area contributed by atoms with E-state index in [4.69, 9.17) is 10.8 Å². The fraction of sp³-hybridized carbons (Fsp3) is 0.500. The molecule has 0 spiro atoms. The first-order chi connectivity index (χ1) is 8.69. The summed E-state index contributed by atoms with van der Waals surface area (Å²) in [5.74, 6) is 0.228. The average Bonchev–Trinajstić information content (AvgIpc) is 2.77. The zero-order chi connectivity index (χ0) is 13.0. The zero-order valence-corrected chi connectivity index (χ0v) is 10.5. The van der Waals surface area contributed by atoms with Crippen molar-refractivity contribution in [2.45, 2.75) is 19.4 Å². The third-order valence-corrected chi connectivity index (χ3v) is 3.53. The van der Waals surface area contributed by atoms with E-state index < -0.39 is 0 Å². The van der Waals surface area contributed by atoms with E-state index in [2.05, 4.69) is 4.90 Å². The lowest BCUT2D eigenvalue weighted by atomic mass is 10.1. The van der Waals surface area contributed by atoms with Gasteiger partial charge >= 0.3 is 0 Å². The molecular weight excluding hydrogens is 228 g/mol. The van der Waals surface area contributed by atoms with Crippen molar-refractivity contribution in [2.24, 2.45) is 11.7 Å². The Morgan fingerprint density at radius 1 is 1.50 bits per heavy atom. The molecular formula is C14H20N2O2. The number of carbonyl (C=O) groups excluding carboxylic acids is 1. The summed E-state index contributed by atoms with van der Waals surface area (Å²) < 4.78 is 0. The maximum absolute atomic E-state index is 11.1. The highest BCUT2D eigenvalue weighted by Crippen LogP contribution is 2.21. The van der Waals surface area contributed by atoms with Gasteiger partial charge in [-0.1, -0.05) is 12.1 Å². The molecule has 98 valence electrons. The first kappa shape index (κ1) is 13.1. The third kappa shape index (κ3) is 3.31. The van der Waals surface area contributed by atoms with Crippen LogP contribution in [0, 0.1) is 5.92 Å². The van der Waals surface area contributed by atoms with E-state index in [0.29, 0.717) is 11.5 Å². The van der Waals surface area contributed by atoms with Gasteiger partial charge in [0, 0.05) is 25.3 Å². The molecule has 0 aliphatic carbocycles. The standard InChI is InChI=1S/C14H20N2O2/c15-14(18)13-3-1-2-12(8-13)10-16-6-4-11(9-16)5-7-17/h1-3,8,11,17H,4-7,9-10H2,(H2,15,18). The summed E-state index contributed by atoms with van der Waals surface area (Å²) >= 11 is 0. The number of rotatable bonds is 5. The summed E-state index contributed by atoms with van der Waals surface area (Å²) in [5, 5.41) is 8.93. The molecule has 0 bridgehead atoms. The Bertz CT molecular complexity index is 420. The minimum absolute atomic E-state index is 0.273. The quantitative estimate of drug-likeness (QED) is 0.816. The number of likely N-dealkylation sites (tertiary alicyclic amines) is 1. The van der Waals surface area contributed by atoms with Gasteiger partial charge in [-0.25, -0.2) is 0 Å². The summed E-state index contributed by atoms with van der Waals surface area (Å²) in [6.07, 6.45) is 2.04. The van der Waals surface area contributed by atoms with Crippen molar-refractivity contribution in [3.8, 4) is 0 Å². The Balaban J connectivity index is 1.94. The molecule has 0 radical (unpaired) electrons. The van der Waals surface area contributed by atoms with E-state index in [1.54, 1.807) is 6.07 Å². The van der Waals surface area contributed by atoms with Crippen LogP contribution in [0.4, 0.5) is 0 Å². The molecule has 1 aliphatic rings. The SMILES string of the molecule is NC(=O)c1cccc(CN2CCC(CCO)C2)c1. The van der Waals surface area contributed by atoms with Crippen LogP contribution in [-0.2, 0) is 6.54 Å². The molecule has 1 saturated heterocycles. The smallest absolute Gasteiger partial charge is 0.248 e. The molecule has 1 heterocycles. The van der Waals surface area contributed by atoms with Gasteiger partial charge in [-0.2, -0.15) is 0 Å². The van der Waals surface area contributed by atoms with E-state index in [-0.39, 0.29) is 12.5 Å². The van der Waals surface area contributed by atoms with Gasteiger partial charge in [0.25, 0.3) is 0 Å². The second-order valence-corrected chi connectivity index (χ2v) is 4.97. The number of hydrogen-bond donors (Lipinski definition) is 2. The van der Waals surface area contributed by atoms with Crippen molar-refractivity contribution in [3.05, 3.63) is 35.4 Å². The van der Waals surface area contributed by atoms with E-state index in [1.807, 2.05) is 18.2 Å². The second kappa shape index (κ2) is 5.98. The maximum atomic E-state index is 11.1. The lowest BCUT2D eigenvalue weighted by molar-refractivity contribution is 0.1000. The summed E-state index contributed by atoms with van der Waals surface area (Å²) in [5.41, 5.74) is 6.96. The van der Waals surface area contributed by atoms with Crippen LogP contribution in [0.3, 0.4) is 0 Å². The fourth-order valence-electron chi connectivity index (χ4n) is 2.56. The number of benzene rings is 1. The van der Waals surface area contributed by atoms with Gasteiger partial charge in [0.05, 0.1) is 0 Å². The van der Waals surface area contributed by atoms with Crippen LogP contribution in [0.15, 0.2) is 24.3 Å². The molecule has 3 N–H and O–H groups in total. The zero-order valence-electron chi connectivity index (χ0n) is 10.5. The molecule has 0 saturated carbocycles. The molecule has 4 heteroatoms. The maximum Gasteiger partial charge on any atom is 0.248 e. The second-order valence-electron chi connectivity index (χ2n) is 4.97. The number of carbonyl (C=O) groups is 1. The summed E-state index contributed by atoms with van der Waals surface area (Å²) in [6.45, 7) is 3.21. The molecule has 2 rings (SSSR count). The molecule has 1 aromatic rings. The van der Waals surface area contributed by atoms with Crippen LogP contribution < -0.4 is 5.73 Å². The highest BCUT2D eigenvalue weighted by Gasteiger charge is 2.21. The highest BCUT2D eigenvalue weighted by molar-refractivity contribution is 5.92. The number of aliphatic hydroxyl groups excluding tert-OH is 1. The van der Waals surface area contributed by atoms with Crippen molar-refractivity contribution >= 4 is 5.91 Å². The van der Waals surface area contributed by atoms with E-state index in [0.717, 1.165) is 38.0 Å². The van der Waals surface area contributed by atoms with Crippen LogP contribution in [0.25, 0.3) is 0 Å². The van der Waals surface area contributed by atoms with Crippen molar-refractivity contribution in [2.75, 3.05) is 19.7 Å². The van der Waals surface area contributed by atoms with Crippen molar-refractivity contribution in [1.29, 1.82) is 0 Å². The number of hydrogen-bond acceptors (Lipinski definition) is 3. The van der Waals surface area contributed by atoms with Crippen LogP contribution in [-0.4, -0.2) is 35.6 Å². The first-order valence-corrected chi connectivity index (χ1v) is 6.41. The number of nitrogens with two attached hydrogens (primary N) is 1. The van der Waals surface area contributed by atoms with Crippen LogP contribution in [0.5, 0.6) is 0 Å². The Morgan fingerprint density at radius 2 is 2.33 bits per heavy atom. The third-order valence-electron chi connectivity index (χ3n) is 3.53. The topological polar surface area (TPSA) is 66.6 Å². The van der Waals surface area contributed by atoms with Crippen LogP contribution in [0.2, 0.25) is 0 Å². The minimum atomic E-state index is -0.378. The molecule has 1 aliphatic heterocycles. The normalized spacial score (nSPS) is 20.2. The Morgan fingerprint density at radius 3 is 3.06 bits per heavy atom. The van der Waals surface area contributed by atoms with Crippen molar-refractivity contribution in [3.63, 3.8) is 0 Å². The first-order valence-electron chi connectivity index (χ1n) is 6.41. The summed E-state index contributed by atoms with van der Waals surface area (Å²) in [4.78, 5) is 13.5. The number of primary amides is 1. The summed E-state index contributed by atoms with van der Waals surface area (Å²) in [7, 11) is 0. The van der Waals surface area contributed by atoms with Gasteiger partial charge in [-0.15, -0.1) is 0 Å². The predicted octanol–water partition coefficient (Wildman–Crippen LogP) is 0.990. The lowest BCUT2D eigenvalue weighted by Crippen LogP contribution is -2.21. The van der Waals surface area contributed by atoms with Gasteiger partial charge in [0.1, 0.15) is 0 Å². The van der Waals surface area contributed by atoms with E-state index in [1.165, 1.54) is 0 Å². The lowest BCUT2D eigenvalue weighted by Gasteiger charge is -2.16.